The molecule has 0 rings (SSSR count). The molecule has 0 fully saturated rings. The van der Waals surface area contributed by atoms with Crippen LogP contribution < -0.4 is 5.32 Å². The second-order valence-electron chi connectivity index (χ2n) is 3.97. The molecule has 0 amide bonds. The third kappa shape index (κ3) is 11.9. The van der Waals surface area contributed by atoms with Crippen molar-refractivity contribution in [1.29, 1.82) is 0 Å². The number of methoxy groups -OCH3 is 1. The Labute approximate surface area is 99.3 Å². The molecule has 0 aromatic rings. The monoisotopic (exact) mass is 233 g/mol. The molecule has 0 saturated carbocycles. The molecule has 0 aliphatic heterocycles. The normalized spacial score (nSPS) is 12.9. The van der Waals surface area contributed by atoms with E-state index in [0.29, 0.717) is 0 Å². The Morgan fingerprint density at radius 2 is 1.62 bits per heavy atom. The van der Waals surface area contributed by atoms with Gasteiger partial charge in [-0.3, -0.25) is 5.32 Å². The minimum atomic E-state index is -0.367. The molecule has 1 unspecified atom stereocenters. The highest BCUT2D eigenvalue weighted by atomic mass is 16.5. The van der Waals surface area contributed by atoms with Crippen LogP contribution in [-0.2, 0) is 9.47 Å². The highest BCUT2D eigenvalue weighted by Gasteiger charge is 1.98. The number of aliphatic hydroxyl groups is 1. The van der Waals surface area contributed by atoms with Crippen LogP contribution >= 0.6 is 0 Å². The van der Waals surface area contributed by atoms with Crippen molar-refractivity contribution in [3.8, 4) is 0 Å². The Morgan fingerprint density at radius 1 is 1.00 bits per heavy atom. The van der Waals surface area contributed by atoms with Crippen LogP contribution in [0.2, 0.25) is 0 Å². The van der Waals surface area contributed by atoms with E-state index >= 15 is 0 Å². The fourth-order valence-electron chi connectivity index (χ4n) is 1.42. The second kappa shape index (κ2) is 12.9. The van der Waals surface area contributed by atoms with Crippen molar-refractivity contribution in [2.75, 3.05) is 34.0 Å². The lowest BCUT2D eigenvalue weighted by molar-refractivity contribution is 0.108. The topological polar surface area (TPSA) is 50.7 Å². The van der Waals surface area contributed by atoms with E-state index in [-0.39, 0.29) is 6.23 Å². The average Bonchev–Trinajstić information content (AvgIpc) is 2.31. The van der Waals surface area contributed by atoms with Gasteiger partial charge in [0, 0.05) is 26.9 Å². The Kier molecular flexibility index (Phi) is 12.8. The maximum Gasteiger partial charge on any atom is 0.104 e. The van der Waals surface area contributed by atoms with Gasteiger partial charge in [-0.2, -0.15) is 0 Å². The fourth-order valence-corrected chi connectivity index (χ4v) is 1.42. The highest BCUT2D eigenvalue weighted by Crippen LogP contribution is 2.00. The SMILES string of the molecule is CNC(O)CCCCOCCCCCOC. The molecule has 0 heterocycles. The number of nitrogens with one attached hydrogen (secondary N) is 1. The minimum Gasteiger partial charge on any atom is -0.385 e. The van der Waals surface area contributed by atoms with E-state index in [4.69, 9.17) is 9.47 Å². The van der Waals surface area contributed by atoms with E-state index in [2.05, 4.69) is 5.32 Å². The molecule has 0 saturated heterocycles. The van der Waals surface area contributed by atoms with Crippen molar-refractivity contribution in [3.05, 3.63) is 0 Å². The zero-order valence-electron chi connectivity index (χ0n) is 10.7. The van der Waals surface area contributed by atoms with Gasteiger partial charge in [-0.25, -0.2) is 0 Å². The lowest BCUT2D eigenvalue weighted by atomic mass is 10.2. The number of ether oxygens (including phenoxy) is 2. The van der Waals surface area contributed by atoms with Gasteiger partial charge in [0.2, 0.25) is 0 Å². The number of hydrogen-bond acceptors (Lipinski definition) is 4. The van der Waals surface area contributed by atoms with Crippen LogP contribution in [0, 0.1) is 0 Å². The summed E-state index contributed by atoms with van der Waals surface area (Å²) in [4.78, 5) is 0. The Balaban J connectivity index is 2.93. The molecular formula is C12H27NO3. The van der Waals surface area contributed by atoms with E-state index in [9.17, 15) is 5.11 Å². The van der Waals surface area contributed by atoms with Crippen LogP contribution in [0.25, 0.3) is 0 Å². The molecule has 0 spiro atoms. The average molecular weight is 233 g/mol. The van der Waals surface area contributed by atoms with Crippen molar-refractivity contribution >= 4 is 0 Å². The zero-order valence-corrected chi connectivity index (χ0v) is 10.7. The van der Waals surface area contributed by atoms with Gasteiger partial charge in [0.15, 0.2) is 0 Å². The molecular weight excluding hydrogens is 206 g/mol. The smallest absolute Gasteiger partial charge is 0.104 e. The van der Waals surface area contributed by atoms with Gasteiger partial charge in [-0.1, -0.05) is 0 Å². The van der Waals surface area contributed by atoms with E-state index in [1.807, 2.05) is 0 Å². The maximum atomic E-state index is 9.22. The first-order valence-electron chi connectivity index (χ1n) is 6.23. The standard InChI is InChI=1S/C12H27NO3/c1-13-12(14)8-4-7-11-16-10-6-3-5-9-15-2/h12-14H,3-11H2,1-2H3. The highest BCUT2D eigenvalue weighted by molar-refractivity contribution is 4.49. The Hall–Kier alpha value is -0.160. The molecule has 0 aliphatic rings. The van der Waals surface area contributed by atoms with Crippen molar-refractivity contribution in [3.63, 3.8) is 0 Å². The van der Waals surface area contributed by atoms with Crippen LogP contribution in [0.15, 0.2) is 0 Å². The van der Waals surface area contributed by atoms with Crippen LogP contribution in [-0.4, -0.2) is 45.3 Å². The first-order chi connectivity index (χ1) is 7.81. The summed E-state index contributed by atoms with van der Waals surface area (Å²) >= 11 is 0. The first-order valence-corrected chi connectivity index (χ1v) is 6.23. The minimum absolute atomic E-state index is 0.367. The van der Waals surface area contributed by atoms with Gasteiger partial charge in [-0.05, 0) is 45.6 Å². The second-order valence-corrected chi connectivity index (χ2v) is 3.97. The molecule has 0 aromatic carbocycles. The van der Waals surface area contributed by atoms with Crippen molar-refractivity contribution < 1.29 is 14.6 Å². The summed E-state index contributed by atoms with van der Waals surface area (Å²) in [6, 6.07) is 0. The van der Waals surface area contributed by atoms with Crippen LogP contribution in [0.1, 0.15) is 38.5 Å². The number of rotatable bonds is 12. The molecule has 2 N–H and O–H groups in total. The molecule has 0 radical (unpaired) electrons. The van der Waals surface area contributed by atoms with Crippen LogP contribution in [0.4, 0.5) is 0 Å². The molecule has 98 valence electrons. The molecule has 0 aromatic heterocycles. The summed E-state index contributed by atoms with van der Waals surface area (Å²) in [5, 5.41) is 12.0. The van der Waals surface area contributed by atoms with Gasteiger partial charge < -0.3 is 14.6 Å². The number of aliphatic hydroxyl groups excluding tert-OH is 1. The van der Waals surface area contributed by atoms with Gasteiger partial charge in [0.1, 0.15) is 6.23 Å². The molecule has 4 heteroatoms. The molecule has 1 atom stereocenters. The van der Waals surface area contributed by atoms with Gasteiger partial charge in [0.25, 0.3) is 0 Å². The van der Waals surface area contributed by atoms with E-state index in [1.165, 1.54) is 6.42 Å². The summed E-state index contributed by atoms with van der Waals surface area (Å²) in [6.45, 7) is 2.50. The largest absolute Gasteiger partial charge is 0.385 e. The van der Waals surface area contributed by atoms with E-state index in [1.54, 1.807) is 14.2 Å². The summed E-state index contributed by atoms with van der Waals surface area (Å²) in [7, 11) is 3.50. The van der Waals surface area contributed by atoms with E-state index in [0.717, 1.165) is 51.9 Å². The number of hydrogen-bond donors (Lipinski definition) is 2. The third-order valence-electron chi connectivity index (χ3n) is 2.49. The van der Waals surface area contributed by atoms with Crippen molar-refractivity contribution in [2.45, 2.75) is 44.8 Å². The third-order valence-corrected chi connectivity index (χ3v) is 2.49. The first kappa shape index (κ1) is 15.8. The summed E-state index contributed by atoms with van der Waals surface area (Å²) < 4.78 is 10.5. The van der Waals surface area contributed by atoms with Crippen molar-refractivity contribution in [2.24, 2.45) is 0 Å². The molecule has 4 nitrogen and oxygen atoms in total. The van der Waals surface area contributed by atoms with E-state index < -0.39 is 0 Å². The molecule has 0 aliphatic carbocycles. The zero-order chi connectivity index (χ0) is 12.1. The summed E-state index contributed by atoms with van der Waals surface area (Å²) in [6.07, 6.45) is 5.87. The molecule has 16 heavy (non-hydrogen) atoms. The van der Waals surface area contributed by atoms with Gasteiger partial charge >= 0.3 is 0 Å². The summed E-state index contributed by atoms with van der Waals surface area (Å²) in [5.74, 6) is 0. The Morgan fingerprint density at radius 3 is 2.25 bits per heavy atom. The van der Waals surface area contributed by atoms with Crippen molar-refractivity contribution in [1.82, 2.24) is 5.32 Å². The van der Waals surface area contributed by atoms with Crippen LogP contribution in [0.5, 0.6) is 0 Å². The van der Waals surface area contributed by atoms with Gasteiger partial charge in [-0.15, -0.1) is 0 Å². The Bertz CT molecular complexity index is 133. The quantitative estimate of drug-likeness (QED) is 0.396. The summed E-state index contributed by atoms with van der Waals surface area (Å²) in [5.41, 5.74) is 0. The lowest BCUT2D eigenvalue weighted by Crippen LogP contribution is -2.24. The predicted molar refractivity (Wildman–Crippen MR) is 65.5 cm³/mol. The lowest BCUT2D eigenvalue weighted by Gasteiger charge is -2.08. The fraction of sp³-hybridized carbons (Fsp3) is 1.00. The maximum absolute atomic E-state index is 9.22. The number of unbranched alkanes of at least 4 members (excludes halogenated alkanes) is 3. The predicted octanol–water partition coefficient (Wildman–Crippen LogP) is 1.53. The van der Waals surface area contributed by atoms with Crippen LogP contribution in [0.3, 0.4) is 0 Å². The molecule has 0 bridgehead atoms. The van der Waals surface area contributed by atoms with Gasteiger partial charge in [0.05, 0.1) is 0 Å².